The number of carbonyl (C=O) groups excluding carboxylic acids is 3. The van der Waals surface area contributed by atoms with E-state index in [2.05, 4.69) is 154 Å². The molecule has 81 heavy (non-hydrogen) atoms. The highest BCUT2D eigenvalue weighted by molar-refractivity contribution is 5.71. The third-order valence-corrected chi connectivity index (χ3v) is 14.1. The number of ether oxygens (including phenoxy) is 3. The van der Waals surface area contributed by atoms with Gasteiger partial charge in [0.15, 0.2) is 6.10 Å². The maximum absolute atomic E-state index is 12.9. The molecule has 1 unspecified atom stereocenters. The Morgan fingerprint density at radius 2 is 0.481 bits per heavy atom. The fraction of sp³-hybridized carbons (Fsp3) is 0.667. The summed E-state index contributed by atoms with van der Waals surface area (Å²) in [4.78, 5) is 38.4. The average Bonchev–Trinajstić information content (AvgIpc) is 3.47. The molecule has 0 amide bonds. The second kappa shape index (κ2) is 68.1. The molecule has 0 aromatic carbocycles. The van der Waals surface area contributed by atoms with E-state index in [1.165, 1.54) is 116 Å². The van der Waals surface area contributed by atoms with Crippen LogP contribution in [0.2, 0.25) is 0 Å². The second-order valence-electron chi connectivity index (χ2n) is 22.0. The zero-order valence-corrected chi connectivity index (χ0v) is 52.8. The molecule has 0 aromatic rings. The van der Waals surface area contributed by atoms with Crippen LogP contribution in [0.5, 0.6) is 0 Å². The van der Waals surface area contributed by atoms with Gasteiger partial charge in [0, 0.05) is 19.3 Å². The van der Waals surface area contributed by atoms with E-state index in [-0.39, 0.29) is 37.5 Å². The molecule has 0 aliphatic carbocycles. The van der Waals surface area contributed by atoms with Crippen molar-refractivity contribution >= 4 is 17.9 Å². The van der Waals surface area contributed by atoms with Gasteiger partial charge in [0.2, 0.25) is 0 Å². The fourth-order valence-corrected chi connectivity index (χ4v) is 9.07. The minimum atomic E-state index is -0.806. The van der Waals surface area contributed by atoms with Crippen LogP contribution in [0.25, 0.3) is 0 Å². The van der Waals surface area contributed by atoms with E-state index in [0.29, 0.717) is 12.8 Å². The topological polar surface area (TPSA) is 78.9 Å². The van der Waals surface area contributed by atoms with Gasteiger partial charge in [-0.25, -0.2) is 0 Å². The van der Waals surface area contributed by atoms with E-state index in [1.807, 2.05) is 0 Å². The molecule has 0 aliphatic rings. The summed E-state index contributed by atoms with van der Waals surface area (Å²) in [5.74, 6) is -0.937. The van der Waals surface area contributed by atoms with Gasteiger partial charge in [0.25, 0.3) is 0 Å². The van der Waals surface area contributed by atoms with Crippen LogP contribution in [0.4, 0.5) is 0 Å². The van der Waals surface area contributed by atoms with Gasteiger partial charge < -0.3 is 14.2 Å². The van der Waals surface area contributed by atoms with Gasteiger partial charge >= 0.3 is 17.9 Å². The molecule has 460 valence electrons. The Morgan fingerprint density at radius 1 is 0.259 bits per heavy atom. The first kappa shape index (κ1) is 76.5. The van der Waals surface area contributed by atoms with Gasteiger partial charge in [-0.2, -0.15) is 0 Å². The normalized spacial score (nSPS) is 13.0. The van der Waals surface area contributed by atoms with Crippen LogP contribution in [0, 0.1) is 0 Å². The summed E-state index contributed by atoms with van der Waals surface area (Å²) in [7, 11) is 0. The standard InChI is InChI=1S/C75H124O6/c1-4-7-10-13-16-19-22-25-28-30-32-34-36-37-39-40-42-44-47-50-53-56-59-62-65-68-74(77)80-71-72(70-79-73(76)67-64-61-58-55-52-49-46-27-24-21-18-15-12-9-6-3)81-75(78)69-66-63-60-57-54-51-48-45-43-41-38-35-33-31-29-26-23-20-17-14-11-8-5-2/h8,11,17-18,20-22,25-27,29-30,32-33,35-37,41,43,46,48,51,72H,4-7,9-10,12-16,19,23-24,28,31,34,38-40,42,44-45,47,49-50,52-71H2,1-3H3/b11-8-,20-17-,21-18-,25-22-,29-26-,32-30-,35-33-,37-36-,43-41-,46-27-,51-48-. The minimum Gasteiger partial charge on any atom is -0.462 e. The molecule has 0 N–H and O–H groups in total. The summed E-state index contributed by atoms with van der Waals surface area (Å²) >= 11 is 0. The van der Waals surface area contributed by atoms with Crippen molar-refractivity contribution in [3.05, 3.63) is 134 Å². The molecule has 0 aliphatic heterocycles. The lowest BCUT2D eigenvalue weighted by molar-refractivity contribution is -0.167. The van der Waals surface area contributed by atoms with Crippen molar-refractivity contribution in [3.63, 3.8) is 0 Å². The first-order chi connectivity index (χ1) is 40.0. The summed E-state index contributed by atoms with van der Waals surface area (Å²) < 4.78 is 16.9. The fourth-order valence-electron chi connectivity index (χ4n) is 9.07. The number of rotatable bonds is 60. The zero-order chi connectivity index (χ0) is 58.5. The first-order valence-electron chi connectivity index (χ1n) is 33.7. The highest BCUT2D eigenvalue weighted by Crippen LogP contribution is 2.15. The van der Waals surface area contributed by atoms with E-state index in [1.54, 1.807) is 0 Å². The van der Waals surface area contributed by atoms with Gasteiger partial charge in [-0.1, -0.05) is 276 Å². The minimum absolute atomic E-state index is 0.0986. The number of esters is 3. The molecule has 1 atom stereocenters. The highest BCUT2D eigenvalue weighted by atomic mass is 16.6. The lowest BCUT2D eigenvalue weighted by atomic mass is 10.1. The molecule has 6 nitrogen and oxygen atoms in total. The van der Waals surface area contributed by atoms with Crippen LogP contribution >= 0.6 is 0 Å². The number of allylic oxidation sites excluding steroid dienone is 22. The van der Waals surface area contributed by atoms with E-state index in [9.17, 15) is 14.4 Å². The van der Waals surface area contributed by atoms with E-state index in [0.717, 1.165) is 148 Å². The Labute approximate surface area is 500 Å². The summed E-state index contributed by atoms with van der Waals surface area (Å²) in [5.41, 5.74) is 0. The molecule has 6 heteroatoms. The van der Waals surface area contributed by atoms with E-state index in [4.69, 9.17) is 14.2 Å². The van der Waals surface area contributed by atoms with Crippen LogP contribution in [-0.2, 0) is 28.6 Å². The predicted molar refractivity (Wildman–Crippen MR) is 353 cm³/mol. The molecule has 0 rings (SSSR count). The Kier molecular flexibility index (Phi) is 64.3. The zero-order valence-electron chi connectivity index (χ0n) is 52.8. The molecule has 0 heterocycles. The highest BCUT2D eigenvalue weighted by Gasteiger charge is 2.19. The van der Waals surface area contributed by atoms with Crippen molar-refractivity contribution in [1.29, 1.82) is 0 Å². The van der Waals surface area contributed by atoms with Crippen molar-refractivity contribution < 1.29 is 28.6 Å². The number of hydrogen-bond acceptors (Lipinski definition) is 6. The van der Waals surface area contributed by atoms with Crippen LogP contribution in [0.3, 0.4) is 0 Å². The average molecular weight is 1120 g/mol. The molecule has 0 spiro atoms. The van der Waals surface area contributed by atoms with E-state index >= 15 is 0 Å². The summed E-state index contributed by atoms with van der Waals surface area (Å²) in [5, 5.41) is 0. The first-order valence-corrected chi connectivity index (χ1v) is 33.7. The molecular formula is C75H124O6. The van der Waals surface area contributed by atoms with Crippen LogP contribution < -0.4 is 0 Å². The third kappa shape index (κ3) is 66.2. The smallest absolute Gasteiger partial charge is 0.306 e. The number of unbranched alkanes of at least 4 members (excludes halogenated alkanes) is 27. The molecule has 0 saturated heterocycles. The molecule has 0 bridgehead atoms. The molecule has 0 aromatic heterocycles. The molecular weight excluding hydrogens is 997 g/mol. The Balaban J connectivity index is 4.44. The van der Waals surface area contributed by atoms with Crippen molar-refractivity contribution in [2.45, 2.75) is 309 Å². The lowest BCUT2D eigenvalue weighted by Gasteiger charge is -2.18. The van der Waals surface area contributed by atoms with Crippen molar-refractivity contribution in [2.24, 2.45) is 0 Å². The van der Waals surface area contributed by atoms with Gasteiger partial charge in [-0.15, -0.1) is 0 Å². The number of hydrogen-bond donors (Lipinski definition) is 0. The second-order valence-corrected chi connectivity index (χ2v) is 22.0. The Hall–Kier alpha value is -4.45. The van der Waals surface area contributed by atoms with Gasteiger partial charge in [-0.3, -0.25) is 14.4 Å². The summed E-state index contributed by atoms with van der Waals surface area (Å²) in [6, 6.07) is 0. The summed E-state index contributed by atoms with van der Waals surface area (Å²) in [6.45, 7) is 6.47. The van der Waals surface area contributed by atoms with Gasteiger partial charge in [-0.05, 0) is 141 Å². The third-order valence-electron chi connectivity index (χ3n) is 14.1. The Bertz CT molecular complexity index is 1720. The van der Waals surface area contributed by atoms with E-state index < -0.39 is 6.10 Å². The molecule has 0 fully saturated rings. The monoisotopic (exact) mass is 1120 g/mol. The summed E-state index contributed by atoms with van der Waals surface area (Å²) in [6.07, 6.45) is 96.0. The van der Waals surface area contributed by atoms with Crippen LogP contribution in [-0.4, -0.2) is 37.2 Å². The largest absolute Gasteiger partial charge is 0.462 e. The molecule has 0 saturated carbocycles. The maximum atomic E-state index is 12.9. The van der Waals surface area contributed by atoms with Crippen molar-refractivity contribution in [3.8, 4) is 0 Å². The number of carbonyl (C=O) groups is 3. The molecule has 0 radical (unpaired) electrons. The maximum Gasteiger partial charge on any atom is 0.306 e. The SMILES string of the molecule is CC/C=C\C/C=C\C/C=C\C/C=C\C/C=C\C/C=C\CCCCCCC(=O)OC(COC(=O)CCCCCCC/C=C\C/C=C\CCCCC)COC(=O)CCCCCCCCCCCC/C=C\C/C=C\C/C=C\CCCCCCC. The van der Waals surface area contributed by atoms with Crippen LogP contribution in [0.1, 0.15) is 303 Å². The van der Waals surface area contributed by atoms with Crippen LogP contribution in [0.15, 0.2) is 134 Å². The predicted octanol–water partition coefficient (Wildman–Crippen LogP) is 23.3. The Morgan fingerprint density at radius 3 is 0.778 bits per heavy atom. The lowest BCUT2D eigenvalue weighted by Crippen LogP contribution is -2.30. The van der Waals surface area contributed by atoms with Crippen molar-refractivity contribution in [1.82, 2.24) is 0 Å². The van der Waals surface area contributed by atoms with Crippen molar-refractivity contribution in [2.75, 3.05) is 13.2 Å². The van der Waals surface area contributed by atoms with Gasteiger partial charge in [0.05, 0.1) is 0 Å². The van der Waals surface area contributed by atoms with Gasteiger partial charge in [0.1, 0.15) is 13.2 Å². The quantitative estimate of drug-likeness (QED) is 0.0261.